The van der Waals surface area contributed by atoms with E-state index < -0.39 is 29.4 Å². The van der Waals surface area contributed by atoms with Crippen LogP contribution in [0, 0.1) is 11.8 Å². The van der Waals surface area contributed by atoms with Crippen LogP contribution in [-0.2, 0) is 31.2 Å². The fourth-order valence-corrected chi connectivity index (χ4v) is 5.45. The third kappa shape index (κ3) is 3.42. The molecule has 0 aromatic heterocycles. The molecule has 1 N–H and O–H groups in total. The Kier molecular flexibility index (Phi) is 5.71. The monoisotopic (exact) mass is 474 g/mol. The van der Waals surface area contributed by atoms with Gasteiger partial charge in [-0.1, -0.05) is 84.4 Å². The highest BCUT2D eigenvalue weighted by molar-refractivity contribution is 6.30. The summed E-state index contributed by atoms with van der Waals surface area (Å²) in [6.45, 7) is 0.107. The van der Waals surface area contributed by atoms with Gasteiger partial charge in [0, 0.05) is 5.02 Å². The van der Waals surface area contributed by atoms with Gasteiger partial charge in [-0.25, -0.2) is 0 Å². The topological polar surface area (TPSA) is 75.7 Å². The van der Waals surface area contributed by atoms with Gasteiger partial charge in [-0.05, 0) is 28.8 Å². The van der Waals surface area contributed by atoms with Gasteiger partial charge in [0.25, 0.3) is 0 Å². The summed E-state index contributed by atoms with van der Waals surface area (Å²) in [5.74, 6) is -3.00. The van der Waals surface area contributed by atoms with E-state index in [2.05, 4.69) is 5.32 Å². The number of rotatable bonds is 5. The molecule has 172 valence electrons. The first-order valence-electron chi connectivity index (χ1n) is 11.0. The Bertz CT molecular complexity index is 1190. The lowest BCUT2D eigenvalue weighted by molar-refractivity contribution is -0.148. The third-order valence-corrected chi connectivity index (χ3v) is 7.07. The lowest BCUT2D eigenvalue weighted by atomic mass is 9.72. The van der Waals surface area contributed by atoms with Crippen LogP contribution in [0.5, 0.6) is 0 Å². The van der Waals surface area contributed by atoms with E-state index in [0.29, 0.717) is 5.02 Å². The molecule has 0 saturated carbocycles. The number of halogens is 1. The van der Waals surface area contributed by atoms with Gasteiger partial charge in [0.15, 0.2) is 0 Å². The SMILES string of the molecule is COC(=O)[C@@H]1NC(c2ccccc2)(c2ccccc2)[C@@H]2C(=O)N(Cc3ccc(Cl)cc3)C(=O)[C@@H]21. The van der Waals surface area contributed by atoms with Crippen LogP contribution in [-0.4, -0.2) is 35.8 Å². The zero-order valence-corrected chi connectivity index (χ0v) is 19.2. The minimum absolute atomic E-state index is 0.107. The minimum Gasteiger partial charge on any atom is -0.468 e. The molecular formula is C27H23ClN2O4. The van der Waals surface area contributed by atoms with Crippen molar-refractivity contribution >= 4 is 29.4 Å². The summed E-state index contributed by atoms with van der Waals surface area (Å²) in [5.41, 5.74) is 1.31. The molecule has 0 spiro atoms. The van der Waals surface area contributed by atoms with Crippen LogP contribution in [0.15, 0.2) is 84.9 Å². The van der Waals surface area contributed by atoms with Crippen molar-refractivity contribution in [3.63, 3.8) is 0 Å². The molecule has 2 aliphatic rings. The normalized spacial score (nSPS) is 23.1. The molecule has 2 heterocycles. The number of methoxy groups -OCH3 is 1. The Labute approximate surface area is 202 Å². The van der Waals surface area contributed by atoms with Crippen LogP contribution >= 0.6 is 11.6 Å². The maximum Gasteiger partial charge on any atom is 0.323 e. The average molecular weight is 475 g/mol. The molecule has 2 saturated heterocycles. The van der Waals surface area contributed by atoms with E-state index in [-0.39, 0.29) is 18.4 Å². The first-order valence-corrected chi connectivity index (χ1v) is 11.4. The minimum atomic E-state index is -1.08. The van der Waals surface area contributed by atoms with E-state index in [1.54, 1.807) is 24.3 Å². The number of hydrogen-bond donors (Lipinski definition) is 1. The Balaban J connectivity index is 1.66. The van der Waals surface area contributed by atoms with Gasteiger partial charge >= 0.3 is 5.97 Å². The van der Waals surface area contributed by atoms with E-state index in [4.69, 9.17) is 16.3 Å². The molecule has 7 heteroatoms. The summed E-state index contributed by atoms with van der Waals surface area (Å²) in [7, 11) is 1.29. The van der Waals surface area contributed by atoms with Crippen LogP contribution in [0.1, 0.15) is 16.7 Å². The van der Waals surface area contributed by atoms with E-state index >= 15 is 0 Å². The molecule has 0 unspecified atom stereocenters. The highest BCUT2D eigenvalue weighted by Gasteiger charge is 2.68. The number of fused-ring (bicyclic) bond motifs is 1. The van der Waals surface area contributed by atoms with Crippen LogP contribution in [0.4, 0.5) is 0 Å². The van der Waals surface area contributed by atoms with Crippen molar-refractivity contribution in [1.29, 1.82) is 0 Å². The van der Waals surface area contributed by atoms with Gasteiger partial charge in [0.1, 0.15) is 6.04 Å². The maximum absolute atomic E-state index is 14.0. The van der Waals surface area contributed by atoms with Crippen LogP contribution in [0.2, 0.25) is 5.02 Å². The standard InChI is InChI=1S/C27H23ClN2O4/c1-34-26(33)23-21-22(25(32)30(24(21)31)16-17-12-14-20(28)15-13-17)27(29-23,18-8-4-2-5-9-18)19-10-6-3-7-11-19/h2-15,21-23,29H,16H2,1H3/t21-,22-,23+/m0/s1. The number of benzene rings is 3. The summed E-state index contributed by atoms with van der Waals surface area (Å²) < 4.78 is 5.06. The third-order valence-electron chi connectivity index (χ3n) is 6.82. The summed E-state index contributed by atoms with van der Waals surface area (Å²) in [4.78, 5) is 41.8. The second kappa shape index (κ2) is 8.70. The zero-order chi connectivity index (χ0) is 23.9. The number of amides is 2. The molecular weight excluding hydrogens is 452 g/mol. The second-order valence-electron chi connectivity index (χ2n) is 8.58. The molecule has 6 nitrogen and oxygen atoms in total. The maximum atomic E-state index is 14.0. The molecule has 0 radical (unpaired) electrons. The van der Waals surface area contributed by atoms with E-state index in [9.17, 15) is 14.4 Å². The quantitative estimate of drug-likeness (QED) is 0.452. The van der Waals surface area contributed by atoms with Crippen molar-refractivity contribution in [1.82, 2.24) is 10.2 Å². The van der Waals surface area contributed by atoms with E-state index in [1.165, 1.54) is 12.0 Å². The van der Waals surface area contributed by atoms with Gasteiger partial charge in [0.05, 0.1) is 31.0 Å². The van der Waals surface area contributed by atoms with Crippen LogP contribution in [0.25, 0.3) is 0 Å². The predicted octanol–water partition coefficient (Wildman–Crippen LogP) is 3.53. The van der Waals surface area contributed by atoms with Crippen molar-refractivity contribution in [2.75, 3.05) is 7.11 Å². The molecule has 2 aliphatic heterocycles. The summed E-state index contributed by atoms with van der Waals surface area (Å²) in [6.07, 6.45) is 0. The van der Waals surface area contributed by atoms with Gasteiger partial charge in [0.2, 0.25) is 11.8 Å². The summed E-state index contributed by atoms with van der Waals surface area (Å²) in [6, 6.07) is 25.0. The Morgan fingerprint density at radius 1 is 0.912 bits per heavy atom. The van der Waals surface area contributed by atoms with Crippen molar-refractivity contribution < 1.29 is 19.1 Å². The number of hydrogen-bond acceptors (Lipinski definition) is 5. The predicted molar refractivity (Wildman–Crippen MR) is 127 cm³/mol. The van der Waals surface area contributed by atoms with E-state index in [1.807, 2.05) is 60.7 Å². The van der Waals surface area contributed by atoms with Gasteiger partial charge < -0.3 is 4.74 Å². The average Bonchev–Trinajstić information content (AvgIpc) is 3.36. The number of esters is 1. The number of nitrogens with zero attached hydrogens (tertiary/aromatic N) is 1. The highest BCUT2D eigenvalue weighted by Crippen LogP contribution is 2.51. The lowest BCUT2D eigenvalue weighted by Gasteiger charge is -2.36. The molecule has 34 heavy (non-hydrogen) atoms. The number of likely N-dealkylation sites (tertiary alicyclic amines) is 1. The van der Waals surface area contributed by atoms with Crippen molar-refractivity contribution in [2.45, 2.75) is 18.1 Å². The van der Waals surface area contributed by atoms with Crippen molar-refractivity contribution in [2.24, 2.45) is 11.8 Å². The van der Waals surface area contributed by atoms with E-state index in [0.717, 1.165) is 16.7 Å². The molecule has 3 aromatic carbocycles. The molecule has 0 bridgehead atoms. The second-order valence-corrected chi connectivity index (χ2v) is 9.01. The number of carbonyl (C=O) groups excluding carboxylic acids is 3. The fourth-order valence-electron chi connectivity index (χ4n) is 5.32. The Hall–Kier alpha value is -3.48. The van der Waals surface area contributed by atoms with Crippen LogP contribution in [0.3, 0.4) is 0 Å². The summed E-state index contributed by atoms with van der Waals surface area (Å²) >= 11 is 6.00. The van der Waals surface area contributed by atoms with Crippen molar-refractivity contribution in [3.8, 4) is 0 Å². The Morgan fingerprint density at radius 3 is 2.00 bits per heavy atom. The van der Waals surface area contributed by atoms with Crippen molar-refractivity contribution in [3.05, 3.63) is 107 Å². The largest absolute Gasteiger partial charge is 0.468 e. The van der Waals surface area contributed by atoms with Crippen LogP contribution < -0.4 is 5.32 Å². The Morgan fingerprint density at radius 2 is 1.47 bits per heavy atom. The smallest absolute Gasteiger partial charge is 0.323 e. The summed E-state index contributed by atoms with van der Waals surface area (Å²) in [5, 5.41) is 3.95. The first kappa shape index (κ1) is 22.3. The molecule has 2 fully saturated rings. The van der Waals surface area contributed by atoms with Gasteiger partial charge in [-0.3, -0.25) is 24.6 Å². The molecule has 3 aromatic rings. The highest BCUT2D eigenvalue weighted by atomic mass is 35.5. The zero-order valence-electron chi connectivity index (χ0n) is 18.5. The number of carbonyl (C=O) groups is 3. The lowest BCUT2D eigenvalue weighted by Crippen LogP contribution is -2.51. The number of ether oxygens (including phenoxy) is 1. The number of nitrogens with one attached hydrogen (secondary N) is 1. The molecule has 0 aliphatic carbocycles. The molecule has 5 rings (SSSR count). The number of imide groups is 1. The van der Waals surface area contributed by atoms with Gasteiger partial charge in [-0.2, -0.15) is 0 Å². The van der Waals surface area contributed by atoms with Gasteiger partial charge in [-0.15, -0.1) is 0 Å². The molecule has 3 atom stereocenters. The first-order chi connectivity index (χ1) is 16.5. The fraction of sp³-hybridized carbons (Fsp3) is 0.222. The molecule has 2 amide bonds.